The first kappa shape index (κ1) is 15.1. The molecule has 0 aliphatic rings. The number of rotatable bonds is 3. The smallest absolute Gasteiger partial charge is 0.338 e. The molecule has 2 rings (SSSR count). The van der Waals surface area contributed by atoms with Gasteiger partial charge >= 0.3 is 5.97 Å². The molecule has 5 nitrogen and oxygen atoms in total. The summed E-state index contributed by atoms with van der Waals surface area (Å²) in [5.74, 6) is -0.0482. The maximum absolute atomic E-state index is 11.9. The molecule has 0 aliphatic heterocycles. The number of nitrogens with zero attached hydrogens (tertiary/aromatic N) is 1. The molecule has 0 spiro atoms. The molecule has 1 aromatic heterocycles. The summed E-state index contributed by atoms with van der Waals surface area (Å²) >= 11 is 6.02. The molecule has 0 N–H and O–H groups in total. The van der Waals surface area contributed by atoms with Gasteiger partial charge in [0.1, 0.15) is 5.75 Å². The Morgan fingerprint density at radius 3 is 2.52 bits per heavy atom. The van der Waals surface area contributed by atoms with E-state index in [9.17, 15) is 9.59 Å². The molecule has 0 unspecified atom stereocenters. The van der Waals surface area contributed by atoms with E-state index in [1.807, 2.05) is 0 Å². The first-order valence-corrected chi connectivity index (χ1v) is 6.48. The van der Waals surface area contributed by atoms with E-state index in [4.69, 9.17) is 21.1 Å². The number of aryl methyl sites for hydroxylation is 1. The minimum absolute atomic E-state index is 0.168. The van der Waals surface area contributed by atoms with Crippen LogP contribution in [0.3, 0.4) is 0 Å². The summed E-state index contributed by atoms with van der Waals surface area (Å²) in [6.45, 7) is 0. The number of ether oxygens (including phenoxy) is 2. The van der Waals surface area contributed by atoms with Crippen molar-refractivity contribution < 1.29 is 14.3 Å². The van der Waals surface area contributed by atoms with E-state index in [0.29, 0.717) is 21.9 Å². The maximum atomic E-state index is 11.9. The predicted molar refractivity (Wildman–Crippen MR) is 80.0 cm³/mol. The average molecular weight is 308 g/mol. The van der Waals surface area contributed by atoms with Crippen molar-refractivity contribution in [1.29, 1.82) is 0 Å². The largest absolute Gasteiger partial charge is 0.496 e. The number of aromatic nitrogens is 1. The lowest BCUT2D eigenvalue weighted by atomic mass is 10.0. The second kappa shape index (κ2) is 6.01. The summed E-state index contributed by atoms with van der Waals surface area (Å²) in [5, 5.41) is 0.496. The van der Waals surface area contributed by atoms with Gasteiger partial charge in [-0.2, -0.15) is 0 Å². The number of methoxy groups -OCH3 is 2. The highest BCUT2D eigenvalue weighted by atomic mass is 35.5. The summed E-state index contributed by atoms with van der Waals surface area (Å²) < 4.78 is 11.4. The number of halogens is 1. The van der Waals surface area contributed by atoms with Crippen molar-refractivity contribution in [2.75, 3.05) is 14.2 Å². The first-order chi connectivity index (χ1) is 9.97. The van der Waals surface area contributed by atoms with E-state index in [1.54, 1.807) is 31.4 Å². The fourth-order valence-electron chi connectivity index (χ4n) is 2.01. The van der Waals surface area contributed by atoms with Crippen LogP contribution in [0.4, 0.5) is 0 Å². The van der Waals surface area contributed by atoms with Gasteiger partial charge in [0.2, 0.25) is 0 Å². The fourth-order valence-corrected chi connectivity index (χ4v) is 2.19. The van der Waals surface area contributed by atoms with Gasteiger partial charge in [0.05, 0.1) is 19.8 Å². The van der Waals surface area contributed by atoms with Gasteiger partial charge in [-0.1, -0.05) is 11.6 Å². The van der Waals surface area contributed by atoms with E-state index in [1.165, 1.54) is 24.9 Å². The second-order valence-electron chi connectivity index (χ2n) is 4.39. The van der Waals surface area contributed by atoms with E-state index in [-0.39, 0.29) is 11.1 Å². The SMILES string of the molecule is COC(=O)c1cc(=O)n(C)cc1-c1cc(Cl)ccc1OC. The third-order valence-electron chi connectivity index (χ3n) is 3.09. The van der Waals surface area contributed by atoms with Gasteiger partial charge in [-0.25, -0.2) is 4.79 Å². The number of carbonyl (C=O) groups excluding carboxylic acids is 1. The Morgan fingerprint density at radius 1 is 1.19 bits per heavy atom. The zero-order valence-corrected chi connectivity index (χ0v) is 12.6. The summed E-state index contributed by atoms with van der Waals surface area (Å²) in [4.78, 5) is 23.7. The molecule has 0 amide bonds. The van der Waals surface area contributed by atoms with Gasteiger partial charge in [0, 0.05) is 35.5 Å². The van der Waals surface area contributed by atoms with Crippen LogP contribution < -0.4 is 10.3 Å². The Kier molecular flexibility index (Phi) is 4.33. The Bertz CT molecular complexity index is 752. The highest BCUT2D eigenvalue weighted by Crippen LogP contribution is 2.34. The number of carbonyl (C=O) groups is 1. The summed E-state index contributed by atoms with van der Waals surface area (Å²) in [5.41, 5.74) is 0.991. The first-order valence-electron chi connectivity index (χ1n) is 6.11. The van der Waals surface area contributed by atoms with Crippen molar-refractivity contribution in [1.82, 2.24) is 4.57 Å². The number of hydrogen-bond acceptors (Lipinski definition) is 4. The molecule has 1 heterocycles. The van der Waals surface area contributed by atoms with Crippen LogP contribution >= 0.6 is 11.6 Å². The van der Waals surface area contributed by atoms with Crippen molar-refractivity contribution in [2.45, 2.75) is 0 Å². The molecule has 110 valence electrons. The molecule has 2 aromatic rings. The quantitative estimate of drug-likeness (QED) is 0.818. The van der Waals surface area contributed by atoms with Crippen molar-refractivity contribution >= 4 is 17.6 Å². The molecule has 0 atom stereocenters. The van der Waals surface area contributed by atoms with Crippen LogP contribution in [0.15, 0.2) is 35.3 Å². The lowest BCUT2D eigenvalue weighted by Gasteiger charge is -2.13. The van der Waals surface area contributed by atoms with Gasteiger partial charge < -0.3 is 14.0 Å². The number of benzene rings is 1. The third-order valence-corrected chi connectivity index (χ3v) is 3.32. The summed E-state index contributed by atoms with van der Waals surface area (Å²) in [7, 11) is 4.38. The normalized spacial score (nSPS) is 10.3. The lowest BCUT2D eigenvalue weighted by Crippen LogP contribution is -2.19. The molecule has 0 bridgehead atoms. The summed E-state index contributed by atoms with van der Waals surface area (Å²) in [6, 6.07) is 6.29. The molecule has 0 radical (unpaired) electrons. The second-order valence-corrected chi connectivity index (χ2v) is 4.82. The van der Waals surface area contributed by atoms with Gasteiger partial charge in [-0.05, 0) is 18.2 Å². The van der Waals surface area contributed by atoms with E-state index < -0.39 is 5.97 Å². The summed E-state index contributed by atoms with van der Waals surface area (Å²) in [6.07, 6.45) is 1.56. The van der Waals surface area contributed by atoms with Crippen molar-refractivity contribution in [3.63, 3.8) is 0 Å². The minimum Gasteiger partial charge on any atom is -0.496 e. The highest BCUT2D eigenvalue weighted by Gasteiger charge is 2.18. The average Bonchev–Trinajstić information content (AvgIpc) is 2.48. The predicted octanol–water partition coefficient (Wildman–Crippen LogP) is 2.50. The number of hydrogen-bond donors (Lipinski definition) is 0. The van der Waals surface area contributed by atoms with E-state index in [0.717, 1.165) is 0 Å². The number of pyridine rings is 1. The Hall–Kier alpha value is -2.27. The van der Waals surface area contributed by atoms with E-state index >= 15 is 0 Å². The van der Waals surface area contributed by atoms with Gasteiger partial charge in [0.25, 0.3) is 5.56 Å². The highest BCUT2D eigenvalue weighted by molar-refractivity contribution is 6.31. The number of esters is 1. The van der Waals surface area contributed by atoms with Crippen LogP contribution in [-0.4, -0.2) is 24.8 Å². The van der Waals surface area contributed by atoms with Crippen LogP contribution in [0.25, 0.3) is 11.1 Å². The monoisotopic (exact) mass is 307 g/mol. The maximum Gasteiger partial charge on any atom is 0.338 e. The molecule has 0 saturated heterocycles. The fraction of sp³-hybridized carbons (Fsp3) is 0.200. The van der Waals surface area contributed by atoms with Crippen LogP contribution in [0, 0.1) is 0 Å². The molecule has 0 fully saturated rings. The van der Waals surface area contributed by atoms with Gasteiger partial charge in [0.15, 0.2) is 0 Å². The Labute approximate surface area is 126 Å². The van der Waals surface area contributed by atoms with Crippen molar-refractivity contribution in [3.05, 3.63) is 51.4 Å². The molecular weight excluding hydrogens is 294 g/mol. The minimum atomic E-state index is -0.593. The molecule has 1 aromatic carbocycles. The molecule has 0 aliphatic carbocycles. The van der Waals surface area contributed by atoms with Crippen LogP contribution in [0.2, 0.25) is 5.02 Å². The van der Waals surface area contributed by atoms with E-state index in [2.05, 4.69) is 0 Å². The van der Waals surface area contributed by atoms with Gasteiger partial charge in [-0.15, -0.1) is 0 Å². The Morgan fingerprint density at radius 2 is 1.90 bits per heavy atom. The zero-order valence-electron chi connectivity index (χ0n) is 11.8. The van der Waals surface area contributed by atoms with Crippen molar-refractivity contribution in [3.8, 4) is 16.9 Å². The third kappa shape index (κ3) is 2.92. The molecular formula is C15H14ClNO4. The molecule has 0 saturated carbocycles. The van der Waals surface area contributed by atoms with Crippen molar-refractivity contribution in [2.24, 2.45) is 7.05 Å². The Balaban J connectivity index is 2.79. The van der Waals surface area contributed by atoms with Gasteiger partial charge in [-0.3, -0.25) is 4.79 Å². The standard InChI is InChI=1S/C15H14ClNO4/c1-17-8-12(11(7-14(17)18)15(19)21-3)10-6-9(16)4-5-13(10)20-2/h4-8H,1-3H3. The molecule has 21 heavy (non-hydrogen) atoms. The zero-order chi connectivity index (χ0) is 15.6. The molecule has 6 heteroatoms. The topological polar surface area (TPSA) is 57.5 Å². The van der Waals surface area contributed by atoms with Crippen LogP contribution in [-0.2, 0) is 11.8 Å². The van der Waals surface area contributed by atoms with Crippen LogP contribution in [0.5, 0.6) is 5.75 Å². The lowest BCUT2D eigenvalue weighted by molar-refractivity contribution is 0.0601. The van der Waals surface area contributed by atoms with Crippen LogP contribution in [0.1, 0.15) is 10.4 Å².